The van der Waals surface area contributed by atoms with Crippen LogP contribution in [0.2, 0.25) is 0 Å². The summed E-state index contributed by atoms with van der Waals surface area (Å²) in [6, 6.07) is 9.77. The van der Waals surface area contributed by atoms with E-state index in [1.807, 2.05) is 0 Å². The zero-order chi connectivity index (χ0) is 19.4. The Hall–Kier alpha value is -3.82. The summed E-state index contributed by atoms with van der Waals surface area (Å²) in [5.41, 5.74) is 4.72. The lowest BCUT2D eigenvalue weighted by molar-refractivity contribution is -0.122. The number of carbonyl (C=O) groups is 2. The summed E-state index contributed by atoms with van der Waals surface area (Å²) in [5, 5.41) is 3.84. The van der Waals surface area contributed by atoms with Gasteiger partial charge in [-0.15, -0.1) is 5.10 Å². The smallest absolute Gasteiger partial charge is 0.388 e. The number of nitrogens with one attached hydrogen (secondary N) is 2. The molecule has 8 nitrogen and oxygen atoms in total. The lowest BCUT2D eigenvalue weighted by Gasteiger charge is -2.06. The minimum Gasteiger partial charge on any atom is -0.388 e. The Kier molecular flexibility index (Phi) is 5.06. The fourth-order valence-corrected chi connectivity index (χ4v) is 2.09. The van der Waals surface area contributed by atoms with Crippen molar-refractivity contribution in [1.29, 1.82) is 0 Å². The third kappa shape index (κ3) is 4.42. The van der Waals surface area contributed by atoms with E-state index in [0.29, 0.717) is 5.56 Å². The summed E-state index contributed by atoms with van der Waals surface area (Å²) < 4.78 is 31.4. The molecule has 1 heterocycles. The Morgan fingerprint density at radius 2 is 1.56 bits per heavy atom. The van der Waals surface area contributed by atoms with Crippen LogP contribution < -0.4 is 16.6 Å². The number of aromatic nitrogens is 2. The molecule has 0 aliphatic carbocycles. The molecule has 0 fully saturated rings. The van der Waals surface area contributed by atoms with Crippen molar-refractivity contribution in [3.05, 3.63) is 76.3 Å². The first-order valence-corrected chi connectivity index (χ1v) is 7.61. The summed E-state index contributed by atoms with van der Waals surface area (Å²) in [7, 11) is 0. The van der Waals surface area contributed by atoms with E-state index in [4.69, 9.17) is 4.42 Å². The zero-order valence-electron chi connectivity index (χ0n) is 13.6. The van der Waals surface area contributed by atoms with Crippen LogP contribution in [0.25, 0.3) is 11.5 Å². The molecule has 0 unspecified atom stereocenters. The predicted molar refractivity (Wildman–Crippen MR) is 88.2 cm³/mol. The van der Waals surface area contributed by atoms with Crippen LogP contribution in [0.4, 0.5) is 8.78 Å². The van der Waals surface area contributed by atoms with Crippen LogP contribution in [-0.4, -0.2) is 21.6 Å². The molecule has 0 atom stereocenters. The molecule has 0 saturated carbocycles. The highest BCUT2D eigenvalue weighted by atomic mass is 19.1. The normalized spacial score (nSPS) is 10.4. The highest BCUT2D eigenvalue weighted by molar-refractivity contribution is 5.95. The van der Waals surface area contributed by atoms with E-state index in [0.717, 1.165) is 16.8 Å². The molecule has 0 saturated heterocycles. The monoisotopic (exact) mass is 374 g/mol. The predicted octanol–water partition coefficient (Wildman–Crippen LogP) is 1.24. The standard InChI is InChI=1S/C17H12F2N4O4/c18-12-5-1-10(2-6-12)15(25)21-20-14(24)9-23-17(26)27-16(22-23)11-3-7-13(19)8-4-11/h1-8H,9H2,(H,20,24)(H,21,25). The van der Waals surface area contributed by atoms with Crippen LogP contribution in [0.1, 0.15) is 10.4 Å². The largest absolute Gasteiger partial charge is 0.437 e. The van der Waals surface area contributed by atoms with Crippen LogP contribution in [0.3, 0.4) is 0 Å². The van der Waals surface area contributed by atoms with Gasteiger partial charge in [-0.25, -0.2) is 13.6 Å². The van der Waals surface area contributed by atoms with E-state index in [2.05, 4.69) is 16.0 Å². The minimum atomic E-state index is -0.894. The van der Waals surface area contributed by atoms with Gasteiger partial charge in [-0.05, 0) is 48.5 Å². The zero-order valence-corrected chi connectivity index (χ0v) is 13.6. The van der Waals surface area contributed by atoms with Gasteiger partial charge >= 0.3 is 5.76 Å². The van der Waals surface area contributed by atoms with E-state index >= 15 is 0 Å². The van der Waals surface area contributed by atoms with Crippen molar-refractivity contribution in [2.75, 3.05) is 0 Å². The maximum atomic E-state index is 12.9. The minimum absolute atomic E-state index is 0.0804. The molecule has 3 rings (SSSR count). The van der Waals surface area contributed by atoms with Crippen LogP contribution in [0.5, 0.6) is 0 Å². The average molecular weight is 374 g/mol. The second-order valence-electron chi connectivity index (χ2n) is 5.35. The lowest BCUT2D eigenvalue weighted by Crippen LogP contribution is -2.44. The van der Waals surface area contributed by atoms with Gasteiger partial charge in [0.15, 0.2) is 0 Å². The van der Waals surface area contributed by atoms with Crippen molar-refractivity contribution >= 4 is 11.8 Å². The highest BCUT2D eigenvalue weighted by Crippen LogP contribution is 2.15. The molecule has 1 aromatic heterocycles. The van der Waals surface area contributed by atoms with Crippen molar-refractivity contribution in [3.63, 3.8) is 0 Å². The molecule has 0 aliphatic rings. The quantitative estimate of drug-likeness (QED) is 0.669. The molecule has 2 N–H and O–H groups in total. The second-order valence-corrected chi connectivity index (χ2v) is 5.35. The van der Waals surface area contributed by atoms with Crippen molar-refractivity contribution in [3.8, 4) is 11.5 Å². The molecule has 2 amide bonds. The van der Waals surface area contributed by atoms with Crippen molar-refractivity contribution in [2.24, 2.45) is 0 Å². The summed E-state index contributed by atoms with van der Waals surface area (Å²) in [5.74, 6) is -3.35. The maximum Gasteiger partial charge on any atom is 0.437 e. The summed E-state index contributed by atoms with van der Waals surface area (Å²) in [6.45, 7) is -0.521. The third-order valence-electron chi connectivity index (χ3n) is 3.41. The average Bonchev–Trinajstić information content (AvgIpc) is 3.01. The van der Waals surface area contributed by atoms with Crippen molar-refractivity contribution in [2.45, 2.75) is 6.54 Å². The van der Waals surface area contributed by atoms with Gasteiger partial charge in [0.05, 0.1) is 0 Å². The molecule has 0 radical (unpaired) electrons. The maximum absolute atomic E-state index is 12.9. The molecule has 0 bridgehead atoms. The number of carbonyl (C=O) groups excluding carboxylic acids is 2. The Bertz CT molecular complexity index is 1030. The number of hydrazine groups is 1. The number of rotatable bonds is 4. The Morgan fingerprint density at radius 1 is 0.963 bits per heavy atom. The fraction of sp³-hybridized carbons (Fsp3) is 0.0588. The molecule has 138 valence electrons. The van der Waals surface area contributed by atoms with Gasteiger partial charge in [0.25, 0.3) is 11.8 Å². The number of benzene rings is 2. The van der Waals surface area contributed by atoms with Crippen LogP contribution >= 0.6 is 0 Å². The number of nitrogens with zero attached hydrogens (tertiary/aromatic N) is 2. The first-order valence-electron chi connectivity index (χ1n) is 7.61. The first-order chi connectivity index (χ1) is 12.9. The third-order valence-corrected chi connectivity index (χ3v) is 3.41. The van der Waals surface area contributed by atoms with Crippen molar-refractivity contribution in [1.82, 2.24) is 20.6 Å². The highest BCUT2D eigenvalue weighted by Gasteiger charge is 2.14. The summed E-state index contributed by atoms with van der Waals surface area (Å²) in [6.07, 6.45) is 0. The molecule has 3 aromatic rings. The number of hydrogen-bond donors (Lipinski definition) is 2. The number of amides is 2. The molecule has 27 heavy (non-hydrogen) atoms. The number of hydrogen-bond acceptors (Lipinski definition) is 5. The van der Waals surface area contributed by atoms with Crippen LogP contribution in [0, 0.1) is 11.6 Å². The van der Waals surface area contributed by atoms with Gasteiger partial charge in [0.2, 0.25) is 5.89 Å². The second kappa shape index (κ2) is 7.60. The SMILES string of the molecule is O=C(Cn1nc(-c2ccc(F)cc2)oc1=O)NNC(=O)c1ccc(F)cc1. The van der Waals surface area contributed by atoms with E-state index in [-0.39, 0.29) is 11.5 Å². The Balaban J connectivity index is 1.61. The van der Waals surface area contributed by atoms with E-state index in [9.17, 15) is 23.2 Å². The lowest BCUT2D eigenvalue weighted by atomic mass is 10.2. The topological polar surface area (TPSA) is 106 Å². The fourth-order valence-electron chi connectivity index (χ4n) is 2.09. The molecule has 0 aliphatic heterocycles. The van der Waals surface area contributed by atoms with Crippen LogP contribution in [-0.2, 0) is 11.3 Å². The van der Waals surface area contributed by atoms with Gasteiger partial charge in [0.1, 0.15) is 18.2 Å². The molecule has 0 spiro atoms. The Labute approximate surface area is 150 Å². The van der Waals surface area contributed by atoms with Gasteiger partial charge in [-0.2, -0.15) is 4.68 Å². The molecular weight excluding hydrogens is 362 g/mol. The first kappa shape index (κ1) is 18.0. The summed E-state index contributed by atoms with van der Waals surface area (Å²) in [4.78, 5) is 35.4. The van der Waals surface area contributed by atoms with Crippen LogP contribution in [0.15, 0.2) is 57.7 Å². The number of halogens is 2. The van der Waals surface area contributed by atoms with E-state index < -0.39 is 35.7 Å². The van der Waals surface area contributed by atoms with E-state index in [1.165, 1.54) is 36.4 Å². The van der Waals surface area contributed by atoms with Gasteiger partial charge in [0, 0.05) is 11.1 Å². The Morgan fingerprint density at radius 3 is 2.19 bits per heavy atom. The molecule has 10 heteroatoms. The van der Waals surface area contributed by atoms with Gasteiger partial charge in [-0.3, -0.25) is 20.4 Å². The van der Waals surface area contributed by atoms with Gasteiger partial charge < -0.3 is 4.42 Å². The van der Waals surface area contributed by atoms with Gasteiger partial charge in [-0.1, -0.05) is 0 Å². The summed E-state index contributed by atoms with van der Waals surface area (Å²) >= 11 is 0. The van der Waals surface area contributed by atoms with E-state index in [1.54, 1.807) is 0 Å². The van der Waals surface area contributed by atoms with Crippen molar-refractivity contribution < 1.29 is 22.8 Å². The molecule has 2 aromatic carbocycles. The molecular formula is C17H12F2N4O4.